The summed E-state index contributed by atoms with van der Waals surface area (Å²) in [6.07, 6.45) is 7.23. The molecule has 1 aromatic carbocycles. The lowest BCUT2D eigenvalue weighted by atomic mass is 9.87. The summed E-state index contributed by atoms with van der Waals surface area (Å²) in [4.78, 5) is 27.6. The van der Waals surface area contributed by atoms with Crippen LogP contribution in [0.15, 0.2) is 54.6 Å². The molecule has 1 aliphatic rings. The van der Waals surface area contributed by atoms with Gasteiger partial charge in [-0.05, 0) is 24.6 Å². The summed E-state index contributed by atoms with van der Waals surface area (Å²) in [6.45, 7) is 1.88. The van der Waals surface area contributed by atoms with E-state index in [1.54, 1.807) is 24.3 Å². The summed E-state index contributed by atoms with van der Waals surface area (Å²) >= 11 is 0. The van der Waals surface area contributed by atoms with Gasteiger partial charge in [0.15, 0.2) is 5.78 Å². The maximum absolute atomic E-state index is 12.4. The van der Waals surface area contributed by atoms with Gasteiger partial charge >= 0.3 is 0 Å². The first-order valence-corrected chi connectivity index (χ1v) is 6.95. The maximum Gasteiger partial charge on any atom is 0.268 e. The second-order valence-corrected chi connectivity index (χ2v) is 5.13. The van der Waals surface area contributed by atoms with Crippen LogP contribution < -0.4 is 5.32 Å². The van der Waals surface area contributed by atoms with Crippen molar-refractivity contribution in [2.75, 3.05) is 0 Å². The first-order valence-electron chi connectivity index (χ1n) is 6.95. The number of fused-ring (bicyclic) bond motifs is 1. The SMILES string of the molecule is CCC1(NC(=O)c2cc3ccccc3[nH]2)C=CC=CC1=O. The highest BCUT2D eigenvalue weighted by atomic mass is 16.2. The number of hydrogen-bond donors (Lipinski definition) is 2. The van der Waals surface area contributed by atoms with Crippen LogP contribution in [-0.4, -0.2) is 22.2 Å². The largest absolute Gasteiger partial charge is 0.351 e. The van der Waals surface area contributed by atoms with Crippen LogP contribution in [0.2, 0.25) is 0 Å². The van der Waals surface area contributed by atoms with Gasteiger partial charge in [-0.25, -0.2) is 0 Å². The number of hydrogen-bond acceptors (Lipinski definition) is 2. The average molecular weight is 280 g/mol. The smallest absolute Gasteiger partial charge is 0.268 e. The number of aromatic nitrogens is 1. The van der Waals surface area contributed by atoms with E-state index in [1.807, 2.05) is 31.2 Å². The van der Waals surface area contributed by atoms with Crippen molar-refractivity contribution < 1.29 is 9.59 Å². The van der Waals surface area contributed by atoms with Crippen LogP contribution in [0.5, 0.6) is 0 Å². The number of para-hydroxylation sites is 1. The maximum atomic E-state index is 12.4. The van der Waals surface area contributed by atoms with Crippen LogP contribution in [-0.2, 0) is 4.79 Å². The molecule has 1 unspecified atom stereocenters. The van der Waals surface area contributed by atoms with E-state index < -0.39 is 5.54 Å². The van der Waals surface area contributed by atoms with Crippen LogP contribution in [0.3, 0.4) is 0 Å². The molecule has 1 heterocycles. The molecule has 0 spiro atoms. The van der Waals surface area contributed by atoms with Gasteiger partial charge in [0.25, 0.3) is 5.91 Å². The van der Waals surface area contributed by atoms with Gasteiger partial charge < -0.3 is 10.3 Å². The van der Waals surface area contributed by atoms with Crippen molar-refractivity contribution in [2.24, 2.45) is 0 Å². The van der Waals surface area contributed by atoms with Crippen molar-refractivity contribution in [1.82, 2.24) is 10.3 Å². The van der Waals surface area contributed by atoms with Crippen molar-refractivity contribution in [3.8, 4) is 0 Å². The van der Waals surface area contributed by atoms with Gasteiger partial charge in [-0.3, -0.25) is 9.59 Å². The van der Waals surface area contributed by atoms with Gasteiger partial charge in [0.1, 0.15) is 11.2 Å². The number of ketones is 1. The second-order valence-electron chi connectivity index (χ2n) is 5.13. The summed E-state index contributed by atoms with van der Waals surface area (Å²) in [5.74, 6) is -0.377. The second kappa shape index (κ2) is 5.05. The first kappa shape index (κ1) is 13.4. The lowest BCUT2D eigenvalue weighted by Crippen LogP contribution is -2.52. The van der Waals surface area contributed by atoms with E-state index >= 15 is 0 Å². The minimum absolute atomic E-state index is 0.100. The number of allylic oxidation sites excluding steroid dienone is 2. The van der Waals surface area contributed by atoms with Gasteiger partial charge in [-0.2, -0.15) is 0 Å². The summed E-state index contributed by atoms with van der Waals surface area (Å²) in [5, 5.41) is 3.82. The Kier molecular flexibility index (Phi) is 3.22. The van der Waals surface area contributed by atoms with Crippen LogP contribution in [0, 0.1) is 0 Å². The zero-order valence-corrected chi connectivity index (χ0v) is 11.7. The predicted octanol–water partition coefficient (Wildman–Crippen LogP) is 2.74. The van der Waals surface area contributed by atoms with Crippen molar-refractivity contribution in [3.63, 3.8) is 0 Å². The Balaban J connectivity index is 1.90. The van der Waals surface area contributed by atoms with Gasteiger partial charge in [0.2, 0.25) is 0 Å². The van der Waals surface area contributed by atoms with E-state index in [1.165, 1.54) is 6.08 Å². The minimum atomic E-state index is -0.941. The Morgan fingerprint density at radius 3 is 2.81 bits per heavy atom. The van der Waals surface area contributed by atoms with Crippen LogP contribution in [0.25, 0.3) is 10.9 Å². The zero-order chi connectivity index (χ0) is 14.9. The summed E-state index contributed by atoms with van der Waals surface area (Å²) < 4.78 is 0. The van der Waals surface area contributed by atoms with E-state index in [2.05, 4.69) is 10.3 Å². The molecule has 2 aromatic rings. The lowest BCUT2D eigenvalue weighted by molar-refractivity contribution is -0.119. The fourth-order valence-electron chi connectivity index (χ4n) is 2.54. The van der Waals surface area contributed by atoms with Crippen molar-refractivity contribution in [2.45, 2.75) is 18.9 Å². The summed E-state index contributed by atoms with van der Waals surface area (Å²) in [5.41, 5.74) is 0.418. The third-order valence-electron chi connectivity index (χ3n) is 3.85. The van der Waals surface area contributed by atoms with Gasteiger partial charge in [0, 0.05) is 10.9 Å². The molecule has 1 aromatic heterocycles. The summed E-state index contributed by atoms with van der Waals surface area (Å²) in [6, 6.07) is 9.47. The van der Waals surface area contributed by atoms with E-state index in [-0.39, 0.29) is 11.7 Å². The van der Waals surface area contributed by atoms with E-state index in [4.69, 9.17) is 0 Å². The molecule has 2 N–H and O–H groups in total. The quantitative estimate of drug-likeness (QED) is 0.908. The number of amides is 1. The van der Waals surface area contributed by atoms with Crippen molar-refractivity contribution >= 4 is 22.6 Å². The predicted molar refractivity (Wildman–Crippen MR) is 82.1 cm³/mol. The molecule has 0 radical (unpaired) electrons. The molecule has 1 atom stereocenters. The molecule has 106 valence electrons. The number of aromatic amines is 1. The average Bonchev–Trinajstić information content (AvgIpc) is 2.94. The van der Waals surface area contributed by atoms with E-state index in [0.717, 1.165) is 10.9 Å². The molecule has 1 aliphatic carbocycles. The van der Waals surface area contributed by atoms with Crippen LogP contribution >= 0.6 is 0 Å². The van der Waals surface area contributed by atoms with Gasteiger partial charge in [-0.15, -0.1) is 0 Å². The number of H-pyrrole nitrogens is 1. The third kappa shape index (κ3) is 2.29. The number of benzene rings is 1. The third-order valence-corrected chi connectivity index (χ3v) is 3.85. The van der Waals surface area contributed by atoms with Crippen LogP contribution in [0.1, 0.15) is 23.8 Å². The Morgan fingerprint density at radius 1 is 1.29 bits per heavy atom. The minimum Gasteiger partial charge on any atom is -0.351 e. The topological polar surface area (TPSA) is 62.0 Å². The highest BCUT2D eigenvalue weighted by Crippen LogP contribution is 2.20. The first-order chi connectivity index (χ1) is 10.1. The molecule has 0 fully saturated rings. The number of nitrogens with one attached hydrogen (secondary N) is 2. The Morgan fingerprint density at radius 2 is 2.10 bits per heavy atom. The van der Waals surface area contributed by atoms with Gasteiger partial charge in [-0.1, -0.05) is 43.4 Å². The Labute approximate surface area is 122 Å². The van der Waals surface area contributed by atoms with E-state index in [0.29, 0.717) is 12.1 Å². The molecule has 3 rings (SSSR count). The Bertz CT molecular complexity index is 737. The van der Waals surface area contributed by atoms with Crippen molar-refractivity contribution in [3.05, 3.63) is 60.3 Å². The molecule has 21 heavy (non-hydrogen) atoms. The number of carbonyl (C=O) groups excluding carboxylic acids is 2. The standard InChI is InChI=1S/C17H16N2O2/c1-2-17(10-6-5-9-15(17)20)19-16(21)14-11-12-7-3-4-8-13(12)18-14/h3-11,18H,2H2,1H3,(H,19,21). The monoisotopic (exact) mass is 280 g/mol. The molecule has 0 bridgehead atoms. The van der Waals surface area contributed by atoms with Crippen LogP contribution in [0.4, 0.5) is 0 Å². The molecule has 4 nitrogen and oxygen atoms in total. The molecule has 4 heteroatoms. The fourth-order valence-corrected chi connectivity index (χ4v) is 2.54. The number of carbonyl (C=O) groups is 2. The zero-order valence-electron chi connectivity index (χ0n) is 11.7. The highest BCUT2D eigenvalue weighted by molar-refractivity contribution is 6.06. The normalized spacial score (nSPS) is 20.9. The Hall–Kier alpha value is -2.62. The van der Waals surface area contributed by atoms with Crippen molar-refractivity contribution in [1.29, 1.82) is 0 Å². The van der Waals surface area contributed by atoms with Gasteiger partial charge in [0.05, 0.1) is 0 Å². The highest BCUT2D eigenvalue weighted by Gasteiger charge is 2.35. The molecule has 0 saturated heterocycles. The number of rotatable bonds is 3. The molecular formula is C17H16N2O2. The summed E-state index contributed by atoms with van der Waals surface area (Å²) in [7, 11) is 0. The molecule has 0 aliphatic heterocycles. The fraction of sp³-hybridized carbons (Fsp3) is 0.176. The van der Waals surface area contributed by atoms with E-state index in [9.17, 15) is 9.59 Å². The molecular weight excluding hydrogens is 264 g/mol. The molecule has 1 amide bonds. The lowest BCUT2D eigenvalue weighted by Gasteiger charge is -2.29. The molecule has 0 saturated carbocycles.